The molecule has 1 atom stereocenters. The number of methoxy groups -OCH3 is 1. The van der Waals surface area contributed by atoms with Gasteiger partial charge in [-0.15, -0.1) is 26.6 Å². The standard InChI is InChI=1S/C57H63ClFN15O6S/c1-33-34(2)81-57-52(33)54(36-13-15-39(58)16-14-36)64-44(56-67-65-35(3)74(56)57)27-48(76)61-22-9-7-6-8-21-60-47(75)17-18-50(78)71-23-19-37(20-24-71)55-53-41(42-26-46-38(25-43(42)59)28-63-70(46)4)11-10-12-45(53)73(68-55)31-49(77)62-29-40-30-72(69-66-40)32-51(79)80-5/h10-16,25-26,28,30,37,44H,6-9,17-24,27,29,31-32H2,1-5H3,(H,60,75)(H,61,76)(H,62,77)/t44-/m0/s1. The number of thiophene rings is 1. The van der Waals surface area contributed by atoms with Gasteiger partial charge >= 0.3 is 5.97 Å². The second kappa shape index (κ2) is 24.7. The van der Waals surface area contributed by atoms with Crippen LogP contribution in [0.15, 0.2) is 72.0 Å². The number of rotatable bonds is 21. The van der Waals surface area contributed by atoms with Gasteiger partial charge in [-0.25, -0.2) is 9.07 Å². The molecular formula is C57H63ClFN15O6S. The molecule has 3 aromatic carbocycles. The Labute approximate surface area is 475 Å². The highest BCUT2D eigenvalue weighted by molar-refractivity contribution is 7.15. The number of likely N-dealkylation sites (tertiary alicyclic amines) is 1. The number of aromatic nitrogens is 10. The zero-order chi connectivity index (χ0) is 56.9. The van der Waals surface area contributed by atoms with Crippen molar-refractivity contribution in [3.63, 3.8) is 0 Å². The van der Waals surface area contributed by atoms with Gasteiger partial charge in [0, 0.05) is 89.3 Å². The second-order valence-corrected chi connectivity index (χ2v) is 22.2. The fourth-order valence-electron chi connectivity index (χ4n) is 10.7. The lowest BCUT2D eigenvalue weighted by atomic mass is 9.88. The van der Waals surface area contributed by atoms with E-state index in [1.165, 1.54) is 22.7 Å². The lowest BCUT2D eigenvalue weighted by Crippen LogP contribution is -2.38. The van der Waals surface area contributed by atoms with E-state index >= 15 is 4.39 Å². The van der Waals surface area contributed by atoms with Crippen LogP contribution in [0.2, 0.25) is 5.02 Å². The number of carbonyl (C=O) groups is 5. The van der Waals surface area contributed by atoms with Crippen molar-refractivity contribution in [1.82, 2.24) is 70.2 Å². The Morgan fingerprint density at radius 1 is 0.840 bits per heavy atom. The Kier molecular flexibility index (Phi) is 17.1. The van der Waals surface area contributed by atoms with E-state index in [2.05, 4.69) is 55.4 Å². The number of halogens is 2. The number of hydrogen-bond donors (Lipinski definition) is 3. The van der Waals surface area contributed by atoms with Crippen molar-refractivity contribution in [3.05, 3.63) is 122 Å². The SMILES string of the molecule is COC(=O)Cn1cc(CNC(=O)Cn2nc(C3CCN(C(=O)CCC(=O)NCCCCCCNC(=O)C[C@@H]4N=C(c5ccc(Cl)cc5)c5c(sc(C)c5C)-n5c(C)nnc54)CC3)c3c(-c4cc5c(cnn5C)cc4F)cccc32)nn1. The number of piperidine rings is 1. The minimum Gasteiger partial charge on any atom is -0.468 e. The van der Waals surface area contributed by atoms with E-state index in [9.17, 15) is 24.0 Å². The Bertz CT molecular complexity index is 3700. The number of nitrogens with one attached hydrogen (secondary N) is 3. The molecule has 0 aliphatic carbocycles. The molecule has 81 heavy (non-hydrogen) atoms. The lowest BCUT2D eigenvalue weighted by Gasteiger charge is -2.31. The van der Waals surface area contributed by atoms with Gasteiger partial charge in [-0.2, -0.15) is 10.2 Å². The molecule has 7 heterocycles. The topological polar surface area (TPSA) is 243 Å². The van der Waals surface area contributed by atoms with Crippen LogP contribution in [0, 0.1) is 26.6 Å². The van der Waals surface area contributed by atoms with E-state index in [4.69, 9.17) is 26.4 Å². The average molecular weight is 1140 g/mol. The molecule has 0 saturated carbocycles. The van der Waals surface area contributed by atoms with Crippen molar-refractivity contribution in [1.29, 1.82) is 0 Å². The quantitative estimate of drug-likeness (QED) is 0.0475. The summed E-state index contributed by atoms with van der Waals surface area (Å²) in [7, 11) is 3.08. The minimum absolute atomic E-state index is 0.0593. The fourth-order valence-corrected chi connectivity index (χ4v) is 12.0. The van der Waals surface area contributed by atoms with Crippen LogP contribution in [0.5, 0.6) is 0 Å². The summed E-state index contributed by atoms with van der Waals surface area (Å²) in [6.07, 6.45) is 7.80. The first-order valence-electron chi connectivity index (χ1n) is 27.1. The van der Waals surface area contributed by atoms with E-state index in [1.54, 1.807) is 51.1 Å². The molecule has 0 bridgehead atoms. The smallest absolute Gasteiger partial charge is 0.327 e. The third-order valence-electron chi connectivity index (χ3n) is 15.1. The molecular weight excluding hydrogens is 1080 g/mol. The molecule has 0 unspecified atom stereocenters. The summed E-state index contributed by atoms with van der Waals surface area (Å²) in [4.78, 5) is 73.1. The fraction of sp³-hybridized carbons (Fsp3) is 0.404. The molecule has 21 nitrogen and oxygen atoms in total. The van der Waals surface area contributed by atoms with Crippen molar-refractivity contribution in [2.75, 3.05) is 33.3 Å². The molecule has 3 N–H and O–H groups in total. The molecule has 4 amide bonds. The van der Waals surface area contributed by atoms with Crippen molar-refractivity contribution in [3.8, 4) is 16.1 Å². The molecule has 422 valence electrons. The van der Waals surface area contributed by atoms with Crippen LogP contribution in [0.25, 0.3) is 37.9 Å². The van der Waals surface area contributed by atoms with Gasteiger partial charge in [0.1, 0.15) is 41.5 Å². The molecule has 24 heteroatoms. The van der Waals surface area contributed by atoms with E-state index in [0.29, 0.717) is 83.3 Å². The molecule has 0 radical (unpaired) electrons. The average Bonchev–Trinajstić information content (AvgIpc) is 3.64. The molecule has 0 spiro atoms. The van der Waals surface area contributed by atoms with Crippen molar-refractivity contribution in [2.45, 2.75) is 110 Å². The number of hydrogen-bond acceptors (Lipinski definition) is 14. The van der Waals surface area contributed by atoms with Crippen LogP contribution in [0.4, 0.5) is 4.39 Å². The van der Waals surface area contributed by atoms with Gasteiger partial charge < -0.3 is 25.6 Å². The lowest BCUT2D eigenvalue weighted by molar-refractivity contribution is -0.141. The maximum atomic E-state index is 16.0. The summed E-state index contributed by atoms with van der Waals surface area (Å²) in [5.41, 5.74) is 7.38. The van der Waals surface area contributed by atoms with Gasteiger partial charge in [0.2, 0.25) is 23.6 Å². The summed E-state index contributed by atoms with van der Waals surface area (Å²) in [5, 5.41) is 38.1. The number of nitrogens with zero attached hydrogens (tertiary/aromatic N) is 12. The van der Waals surface area contributed by atoms with E-state index in [-0.39, 0.29) is 68.4 Å². The number of esters is 1. The highest BCUT2D eigenvalue weighted by Crippen LogP contribution is 2.42. The predicted octanol–water partition coefficient (Wildman–Crippen LogP) is 7.29. The summed E-state index contributed by atoms with van der Waals surface area (Å²) in [5.74, 6) is -0.445. The molecule has 2 aliphatic rings. The van der Waals surface area contributed by atoms with Crippen LogP contribution in [0.1, 0.15) is 114 Å². The van der Waals surface area contributed by atoms with Gasteiger partial charge in [0.05, 0.1) is 54.9 Å². The molecule has 1 fully saturated rings. The number of aliphatic imine (C=N–C) groups is 1. The Morgan fingerprint density at radius 2 is 1.59 bits per heavy atom. The maximum Gasteiger partial charge on any atom is 0.327 e. The molecule has 8 aromatic rings. The van der Waals surface area contributed by atoms with Gasteiger partial charge in [-0.3, -0.25) is 42.9 Å². The Balaban J connectivity index is 0.685. The number of amides is 4. The normalized spacial score (nSPS) is 14.4. The number of fused-ring (bicyclic) bond motifs is 5. The Morgan fingerprint density at radius 3 is 2.35 bits per heavy atom. The van der Waals surface area contributed by atoms with E-state index in [1.807, 2.05) is 54.0 Å². The first-order chi connectivity index (χ1) is 39.1. The predicted molar refractivity (Wildman–Crippen MR) is 303 cm³/mol. The molecule has 5 aromatic heterocycles. The Hall–Kier alpha value is -8.18. The number of carbonyl (C=O) groups excluding carboxylic acids is 5. The van der Waals surface area contributed by atoms with Gasteiger partial charge in [-0.1, -0.05) is 53.9 Å². The van der Waals surface area contributed by atoms with Gasteiger partial charge in [0.25, 0.3) is 0 Å². The van der Waals surface area contributed by atoms with Crippen LogP contribution in [-0.4, -0.2) is 123 Å². The zero-order valence-corrected chi connectivity index (χ0v) is 47.4. The summed E-state index contributed by atoms with van der Waals surface area (Å²) >= 11 is 7.92. The minimum atomic E-state index is -0.554. The van der Waals surface area contributed by atoms with Crippen LogP contribution >= 0.6 is 22.9 Å². The molecule has 2 aliphatic heterocycles. The second-order valence-electron chi connectivity index (χ2n) is 20.5. The van der Waals surface area contributed by atoms with Crippen molar-refractivity contribution in [2.24, 2.45) is 12.0 Å². The van der Waals surface area contributed by atoms with Crippen molar-refractivity contribution < 1.29 is 33.1 Å². The highest BCUT2D eigenvalue weighted by Gasteiger charge is 2.33. The van der Waals surface area contributed by atoms with E-state index < -0.39 is 17.8 Å². The number of benzene rings is 3. The van der Waals surface area contributed by atoms with Gasteiger partial charge in [0.15, 0.2) is 5.82 Å². The maximum absolute atomic E-state index is 16.0. The molecule has 10 rings (SSSR count). The van der Waals surface area contributed by atoms with Crippen LogP contribution < -0.4 is 16.0 Å². The van der Waals surface area contributed by atoms with E-state index in [0.717, 1.165) is 69.8 Å². The van der Waals surface area contributed by atoms with Crippen LogP contribution in [-0.2, 0) is 55.4 Å². The molecule has 1 saturated heterocycles. The summed E-state index contributed by atoms with van der Waals surface area (Å²) in [6, 6.07) is 15.8. The summed E-state index contributed by atoms with van der Waals surface area (Å²) in [6.45, 7) is 7.75. The first-order valence-corrected chi connectivity index (χ1v) is 28.3. The third kappa shape index (κ3) is 12.4. The first kappa shape index (κ1) is 56.1. The summed E-state index contributed by atoms with van der Waals surface area (Å²) < 4.78 is 27.4. The van der Waals surface area contributed by atoms with Gasteiger partial charge in [-0.05, 0) is 87.9 Å². The number of unbranched alkanes of at least 4 members (excludes halogenated alkanes) is 3. The largest absolute Gasteiger partial charge is 0.468 e. The zero-order valence-electron chi connectivity index (χ0n) is 45.8. The van der Waals surface area contributed by atoms with Crippen molar-refractivity contribution >= 4 is 80.1 Å². The van der Waals surface area contributed by atoms with Crippen LogP contribution in [0.3, 0.4) is 0 Å². The number of aryl methyl sites for hydroxylation is 3. The third-order valence-corrected chi connectivity index (χ3v) is 16.5. The monoisotopic (exact) mass is 1140 g/mol. The highest BCUT2D eigenvalue weighted by atomic mass is 35.5. The number of ether oxygens (including phenoxy) is 1.